The van der Waals surface area contributed by atoms with E-state index >= 15 is 0 Å². The summed E-state index contributed by atoms with van der Waals surface area (Å²) < 4.78 is 7.12. The zero-order valence-electron chi connectivity index (χ0n) is 15.4. The van der Waals surface area contributed by atoms with Gasteiger partial charge < -0.3 is 15.4 Å². The van der Waals surface area contributed by atoms with Gasteiger partial charge in [0.1, 0.15) is 12.3 Å². The van der Waals surface area contributed by atoms with E-state index in [1.165, 1.54) is 0 Å². The molecule has 2 aromatic heterocycles. The second kappa shape index (κ2) is 9.23. The quantitative estimate of drug-likeness (QED) is 0.482. The first-order valence-corrected chi connectivity index (χ1v) is 9.22. The van der Waals surface area contributed by atoms with Crippen LogP contribution in [0.25, 0.3) is 5.65 Å². The summed E-state index contributed by atoms with van der Waals surface area (Å²) in [6, 6.07) is 11.5. The van der Waals surface area contributed by atoms with Gasteiger partial charge in [-0.1, -0.05) is 23.7 Å². The minimum absolute atomic E-state index is 0.434. The highest BCUT2D eigenvalue weighted by Gasteiger charge is 2.06. The molecule has 7 nitrogen and oxygen atoms in total. The molecule has 2 heterocycles. The SMILES string of the molecule is CCNC(=NCc1nnc2ccccn12)NCCc1ccc(OC)cc1Cl. The number of nitrogens with one attached hydrogen (secondary N) is 2. The van der Waals surface area contributed by atoms with Crippen LogP contribution in [0.2, 0.25) is 5.02 Å². The first kappa shape index (κ1) is 19.0. The van der Waals surface area contributed by atoms with Gasteiger partial charge in [0.25, 0.3) is 0 Å². The van der Waals surface area contributed by atoms with Crippen molar-refractivity contribution in [2.75, 3.05) is 20.2 Å². The second-order valence-corrected chi connectivity index (χ2v) is 6.28. The van der Waals surface area contributed by atoms with E-state index in [0.29, 0.717) is 18.1 Å². The van der Waals surface area contributed by atoms with Crippen LogP contribution in [-0.2, 0) is 13.0 Å². The van der Waals surface area contributed by atoms with Gasteiger partial charge >= 0.3 is 0 Å². The molecule has 3 aromatic rings. The third-order valence-corrected chi connectivity index (χ3v) is 4.41. The van der Waals surface area contributed by atoms with Crippen molar-refractivity contribution >= 4 is 23.2 Å². The van der Waals surface area contributed by atoms with Crippen molar-refractivity contribution in [3.63, 3.8) is 0 Å². The molecule has 0 unspecified atom stereocenters. The van der Waals surface area contributed by atoms with Gasteiger partial charge in [0.2, 0.25) is 0 Å². The monoisotopic (exact) mass is 386 g/mol. The van der Waals surface area contributed by atoms with Crippen LogP contribution in [0.4, 0.5) is 0 Å². The summed E-state index contributed by atoms with van der Waals surface area (Å²) >= 11 is 6.30. The lowest BCUT2D eigenvalue weighted by molar-refractivity contribution is 0.414. The Kier molecular flexibility index (Phi) is 6.49. The topological polar surface area (TPSA) is 75.8 Å². The van der Waals surface area contributed by atoms with E-state index in [1.54, 1.807) is 7.11 Å². The van der Waals surface area contributed by atoms with E-state index in [0.717, 1.165) is 41.7 Å². The fourth-order valence-electron chi connectivity index (χ4n) is 2.66. The Bertz CT molecular complexity index is 923. The predicted octanol–water partition coefficient (Wildman–Crippen LogP) is 2.69. The fourth-order valence-corrected chi connectivity index (χ4v) is 2.93. The van der Waals surface area contributed by atoms with Gasteiger partial charge in [0.15, 0.2) is 17.4 Å². The van der Waals surface area contributed by atoms with Crippen molar-refractivity contribution in [1.82, 2.24) is 25.2 Å². The summed E-state index contributed by atoms with van der Waals surface area (Å²) in [5.41, 5.74) is 1.87. The number of aromatic nitrogens is 3. The van der Waals surface area contributed by atoms with Crippen LogP contribution in [0, 0.1) is 0 Å². The molecular formula is C19H23ClN6O. The van der Waals surface area contributed by atoms with Crippen LogP contribution < -0.4 is 15.4 Å². The maximum atomic E-state index is 6.30. The van der Waals surface area contributed by atoms with Crippen LogP contribution in [-0.4, -0.2) is 40.8 Å². The molecule has 142 valence electrons. The Morgan fingerprint density at radius 1 is 1.22 bits per heavy atom. The lowest BCUT2D eigenvalue weighted by Crippen LogP contribution is -2.38. The van der Waals surface area contributed by atoms with E-state index in [9.17, 15) is 0 Å². The largest absolute Gasteiger partial charge is 0.497 e. The molecule has 0 atom stereocenters. The number of guanidine groups is 1. The summed E-state index contributed by atoms with van der Waals surface area (Å²) in [5.74, 6) is 2.28. The highest BCUT2D eigenvalue weighted by Crippen LogP contribution is 2.22. The number of methoxy groups -OCH3 is 1. The van der Waals surface area contributed by atoms with Crippen LogP contribution in [0.5, 0.6) is 5.75 Å². The number of ether oxygens (including phenoxy) is 1. The molecule has 0 fully saturated rings. The molecule has 27 heavy (non-hydrogen) atoms. The lowest BCUT2D eigenvalue weighted by Gasteiger charge is -2.12. The molecule has 0 saturated heterocycles. The Labute approximate surface area is 163 Å². The van der Waals surface area contributed by atoms with E-state index in [4.69, 9.17) is 16.3 Å². The number of hydrogen-bond donors (Lipinski definition) is 2. The molecule has 0 aliphatic carbocycles. The number of nitrogens with zero attached hydrogens (tertiary/aromatic N) is 4. The third-order valence-electron chi connectivity index (χ3n) is 4.05. The minimum Gasteiger partial charge on any atom is -0.497 e. The Morgan fingerprint density at radius 2 is 2.11 bits per heavy atom. The van der Waals surface area contributed by atoms with Crippen LogP contribution in [0.3, 0.4) is 0 Å². The van der Waals surface area contributed by atoms with Gasteiger partial charge in [-0.2, -0.15) is 0 Å². The van der Waals surface area contributed by atoms with Crippen molar-refractivity contribution in [3.8, 4) is 5.75 Å². The summed E-state index contributed by atoms with van der Waals surface area (Å²) in [7, 11) is 1.63. The molecule has 0 radical (unpaired) electrons. The van der Waals surface area contributed by atoms with E-state index in [2.05, 4.69) is 25.8 Å². The van der Waals surface area contributed by atoms with Crippen molar-refractivity contribution in [3.05, 3.63) is 59.0 Å². The highest BCUT2D eigenvalue weighted by atomic mass is 35.5. The Morgan fingerprint density at radius 3 is 2.89 bits per heavy atom. The molecule has 0 saturated carbocycles. The predicted molar refractivity (Wildman–Crippen MR) is 108 cm³/mol. The molecular weight excluding hydrogens is 364 g/mol. The normalized spacial score (nSPS) is 11.6. The fraction of sp³-hybridized carbons (Fsp3) is 0.316. The number of halogens is 1. The molecule has 3 rings (SSSR count). The van der Waals surface area contributed by atoms with Gasteiger partial charge in [0, 0.05) is 24.3 Å². The van der Waals surface area contributed by atoms with E-state index < -0.39 is 0 Å². The first-order valence-electron chi connectivity index (χ1n) is 8.84. The van der Waals surface area contributed by atoms with Gasteiger partial charge in [-0.3, -0.25) is 4.40 Å². The standard InChI is InChI=1S/C19H23ClN6O/c1-3-21-19(22-10-9-14-7-8-15(27-2)12-16(14)20)23-13-18-25-24-17-6-4-5-11-26(17)18/h4-8,11-12H,3,9-10,13H2,1-2H3,(H2,21,22,23). The maximum Gasteiger partial charge on any atom is 0.191 e. The van der Waals surface area contributed by atoms with Crippen molar-refractivity contribution in [2.45, 2.75) is 19.9 Å². The smallest absolute Gasteiger partial charge is 0.191 e. The van der Waals surface area contributed by atoms with Crippen LogP contribution in [0.1, 0.15) is 18.3 Å². The summed E-state index contributed by atoms with van der Waals surface area (Å²) in [6.45, 7) is 3.95. The second-order valence-electron chi connectivity index (χ2n) is 5.87. The van der Waals surface area contributed by atoms with Gasteiger partial charge in [-0.15, -0.1) is 10.2 Å². The van der Waals surface area contributed by atoms with Crippen LogP contribution in [0.15, 0.2) is 47.6 Å². The van der Waals surface area contributed by atoms with Gasteiger partial charge in [-0.05, 0) is 43.2 Å². The lowest BCUT2D eigenvalue weighted by atomic mass is 10.1. The molecule has 8 heteroatoms. The molecule has 0 amide bonds. The van der Waals surface area contributed by atoms with Crippen LogP contribution >= 0.6 is 11.6 Å². The van der Waals surface area contributed by atoms with Crippen molar-refractivity contribution in [2.24, 2.45) is 4.99 Å². The number of pyridine rings is 1. The molecule has 0 bridgehead atoms. The first-order chi connectivity index (χ1) is 13.2. The average Bonchev–Trinajstić information content (AvgIpc) is 3.10. The summed E-state index contributed by atoms with van der Waals surface area (Å²) in [6.07, 6.45) is 2.72. The molecule has 0 spiro atoms. The van der Waals surface area contributed by atoms with Gasteiger partial charge in [-0.25, -0.2) is 4.99 Å². The summed E-state index contributed by atoms with van der Waals surface area (Å²) in [5, 5.41) is 15.6. The molecule has 0 aliphatic rings. The van der Waals surface area contributed by atoms with Crippen molar-refractivity contribution < 1.29 is 4.74 Å². The minimum atomic E-state index is 0.434. The third kappa shape index (κ3) is 4.89. The molecule has 2 N–H and O–H groups in total. The Hall–Kier alpha value is -2.80. The van der Waals surface area contributed by atoms with Crippen molar-refractivity contribution in [1.29, 1.82) is 0 Å². The zero-order valence-corrected chi connectivity index (χ0v) is 16.2. The highest BCUT2D eigenvalue weighted by molar-refractivity contribution is 6.31. The summed E-state index contributed by atoms with van der Waals surface area (Å²) in [4.78, 5) is 4.61. The molecule has 1 aromatic carbocycles. The van der Waals surface area contributed by atoms with E-state index in [1.807, 2.05) is 53.9 Å². The number of rotatable bonds is 7. The average molecular weight is 387 g/mol. The molecule has 0 aliphatic heterocycles. The number of aliphatic imine (C=N–C) groups is 1. The number of fused-ring (bicyclic) bond motifs is 1. The zero-order chi connectivity index (χ0) is 19.1. The van der Waals surface area contributed by atoms with E-state index in [-0.39, 0.29) is 0 Å². The number of hydrogen-bond acceptors (Lipinski definition) is 4. The van der Waals surface area contributed by atoms with Gasteiger partial charge in [0.05, 0.1) is 7.11 Å². The maximum absolute atomic E-state index is 6.30. The number of benzene rings is 1. The Balaban J connectivity index is 1.61.